The third-order valence-electron chi connectivity index (χ3n) is 1.75. The van der Waals surface area contributed by atoms with Gasteiger partial charge in [0, 0.05) is 7.11 Å². The highest BCUT2D eigenvalue weighted by Gasteiger charge is 2.15. The molecule has 82 valence electrons. The zero-order chi connectivity index (χ0) is 11.3. The second-order valence-corrected chi connectivity index (χ2v) is 2.69. The van der Waals surface area contributed by atoms with Gasteiger partial charge in [0.1, 0.15) is 5.56 Å². The molecule has 1 rings (SSSR count). The molecule has 0 aromatic heterocycles. The zero-order valence-electron chi connectivity index (χ0n) is 8.52. The maximum atomic E-state index is 10.9. The number of carbonyl (C=O) groups is 1. The molecular formula is C10H12O5. The number of benzene rings is 1. The van der Waals surface area contributed by atoms with Crippen LogP contribution in [0.2, 0.25) is 0 Å². The van der Waals surface area contributed by atoms with Crippen LogP contribution in [0.3, 0.4) is 0 Å². The van der Waals surface area contributed by atoms with E-state index in [0.717, 1.165) is 0 Å². The van der Waals surface area contributed by atoms with Gasteiger partial charge in [-0.1, -0.05) is 6.07 Å². The van der Waals surface area contributed by atoms with E-state index < -0.39 is 5.97 Å². The predicted octanol–water partition coefficient (Wildman–Crippen LogP) is 1.38. The van der Waals surface area contributed by atoms with Crippen LogP contribution in [0.4, 0.5) is 0 Å². The predicted molar refractivity (Wildman–Crippen MR) is 52.5 cm³/mol. The van der Waals surface area contributed by atoms with Gasteiger partial charge in [-0.25, -0.2) is 4.79 Å². The van der Waals surface area contributed by atoms with Gasteiger partial charge in [0.05, 0.1) is 7.11 Å². The van der Waals surface area contributed by atoms with Gasteiger partial charge in [-0.15, -0.1) is 0 Å². The van der Waals surface area contributed by atoms with E-state index in [1.54, 1.807) is 12.1 Å². The monoisotopic (exact) mass is 212 g/mol. The normalized spacial score (nSPS) is 9.73. The Labute approximate surface area is 87.2 Å². The fourth-order valence-electron chi connectivity index (χ4n) is 1.11. The van der Waals surface area contributed by atoms with Crippen LogP contribution in [0.25, 0.3) is 0 Å². The fraction of sp³-hybridized carbons (Fsp3) is 0.300. The molecule has 0 radical (unpaired) electrons. The number of rotatable bonds is 5. The van der Waals surface area contributed by atoms with E-state index in [9.17, 15) is 4.79 Å². The lowest BCUT2D eigenvalue weighted by Crippen LogP contribution is -2.06. The number of aromatic carboxylic acids is 1. The van der Waals surface area contributed by atoms with Crippen molar-refractivity contribution in [3.8, 4) is 11.5 Å². The van der Waals surface area contributed by atoms with Gasteiger partial charge >= 0.3 is 5.97 Å². The van der Waals surface area contributed by atoms with Crippen molar-refractivity contribution >= 4 is 5.97 Å². The molecule has 0 atom stereocenters. The summed E-state index contributed by atoms with van der Waals surface area (Å²) in [6.45, 7) is -0.0271. The molecule has 0 heterocycles. The van der Waals surface area contributed by atoms with E-state index in [1.807, 2.05) is 0 Å². The molecule has 5 nitrogen and oxygen atoms in total. The summed E-state index contributed by atoms with van der Waals surface area (Å²) in [6, 6.07) is 4.65. The lowest BCUT2D eigenvalue weighted by atomic mass is 10.2. The summed E-state index contributed by atoms with van der Waals surface area (Å²) in [5.74, 6) is -0.527. The van der Waals surface area contributed by atoms with Crippen LogP contribution in [0.5, 0.6) is 11.5 Å². The molecule has 1 N–H and O–H groups in total. The molecule has 0 unspecified atom stereocenters. The van der Waals surface area contributed by atoms with Gasteiger partial charge in [-0.2, -0.15) is 0 Å². The highest BCUT2D eigenvalue weighted by Crippen LogP contribution is 2.30. The Balaban J connectivity index is 3.08. The lowest BCUT2D eigenvalue weighted by Gasteiger charge is -2.11. The molecule has 0 saturated carbocycles. The Morgan fingerprint density at radius 2 is 2.13 bits per heavy atom. The molecule has 1 aromatic rings. The van der Waals surface area contributed by atoms with Crippen LogP contribution in [0, 0.1) is 0 Å². The molecule has 5 heteroatoms. The van der Waals surface area contributed by atoms with E-state index in [-0.39, 0.29) is 18.1 Å². The minimum absolute atomic E-state index is 0.0271. The van der Waals surface area contributed by atoms with E-state index in [0.29, 0.717) is 5.75 Å². The Morgan fingerprint density at radius 1 is 1.40 bits per heavy atom. The van der Waals surface area contributed by atoms with Gasteiger partial charge < -0.3 is 19.3 Å². The summed E-state index contributed by atoms with van der Waals surface area (Å²) in [7, 11) is 2.90. The van der Waals surface area contributed by atoms with Crippen molar-refractivity contribution in [3.63, 3.8) is 0 Å². The van der Waals surface area contributed by atoms with Gasteiger partial charge in [-0.3, -0.25) is 0 Å². The van der Waals surface area contributed by atoms with E-state index in [1.165, 1.54) is 20.3 Å². The first-order valence-corrected chi connectivity index (χ1v) is 4.22. The Bertz CT molecular complexity index is 348. The quantitative estimate of drug-likeness (QED) is 0.747. The van der Waals surface area contributed by atoms with Crippen molar-refractivity contribution in [1.29, 1.82) is 0 Å². The highest BCUT2D eigenvalue weighted by molar-refractivity contribution is 5.92. The second kappa shape index (κ2) is 5.21. The van der Waals surface area contributed by atoms with Crippen LogP contribution in [0.15, 0.2) is 18.2 Å². The zero-order valence-corrected chi connectivity index (χ0v) is 8.52. The fourth-order valence-corrected chi connectivity index (χ4v) is 1.11. The molecule has 0 spiro atoms. The van der Waals surface area contributed by atoms with Gasteiger partial charge in [0.2, 0.25) is 0 Å². The summed E-state index contributed by atoms with van der Waals surface area (Å²) >= 11 is 0. The van der Waals surface area contributed by atoms with E-state index >= 15 is 0 Å². The number of hydrogen-bond acceptors (Lipinski definition) is 4. The van der Waals surface area contributed by atoms with E-state index in [4.69, 9.17) is 19.3 Å². The number of carboxylic acid groups (broad SMARTS) is 1. The summed E-state index contributed by atoms with van der Waals surface area (Å²) < 4.78 is 14.8. The van der Waals surface area contributed by atoms with E-state index in [2.05, 4.69) is 0 Å². The molecule has 0 bridgehead atoms. The molecule has 0 aliphatic heterocycles. The molecule has 15 heavy (non-hydrogen) atoms. The summed E-state index contributed by atoms with van der Waals surface area (Å²) in [4.78, 5) is 10.9. The maximum Gasteiger partial charge on any atom is 0.339 e. The molecule has 0 aliphatic rings. The van der Waals surface area contributed by atoms with Crippen LogP contribution >= 0.6 is 0 Å². The van der Waals surface area contributed by atoms with Crippen LogP contribution in [0.1, 0.15) is 10.4 Å². The Morgan fingerprint density at radius 3 is 2.67 bits per heavy atom. The first kappa shape index (κ1) is 11.3. The van der Waals surface area contributed by atoms with Crippen molar-refractivity contribution in [3.05, 3.63) is 23.8 Å². The third kappa shape index (κ3) is 2.60. The molecule has 1 aromatic carbocycles. The van der Waals surface area contributed by atoms with Crippen LogP contribution in [-0.2, 0) is 4.74 Å². The van der Waals surface area contributed by atoms with Crippen molar-refractivity contribution in [1.82, 2.24) is 0 Å². The molecule has 0 amide bonds. The van der Waals surface area contributed by atoms with Crippen LogP contribution in [-0.4, -0.2) is 32.1 Å². The number of carboxylic acids is 1. The summed E-state index contributed by atoms with van der Waals surface area (Å²) in [6.07, 6.45) is 0. The number of hydrogen-bond donors (Lipinski definition) is 1. The standard InChI is InChI=1S/C10H12O5/c1-13-6-15-9-7(10(11)12)4-3-5-8(9)14-2/h3-5H,6H2,1-2H3,(H,11,12). The Hall–Kier alpha value is -1.75. The number of para-hydroxylation sites is 1. The largest absolute Gasteiger partial charge is 0.493 e. The van der Waals surface area contributed by atoms with Gasteiger partial charge in [-0.05, 0) is 12.1 Å². The molecular weight excluding hydrogens is 200 g/mol. The topological polar surface area (TPSA) is 65.0 Å². The summed E-state index contributed by atoms with van der Waals surface area (Å²) in [5.41, 5.74) is 0.0476. The number of methoxy groups -OCH3 is 2. The maximum absolute atomic E-state index is 10.9. The SMILES string of the molecule is COCOc1c(OC)cccc1C(=O)O. The van der Waals surface area contributed by atoms with Crippen molar-refractivity contribution in [2.45, 2.75) is 0 Å². The average molecular weight is 212 g/mol. The first-order valence-electron chi connectivity index (χ1n) is 4.22. The molecule has 0 saturated heterocycles. The van der Waals surface area contributed by atoms with Gasteiger partial charge in [0.25, 0.3) is 0 Å². The molecule has 0 aliphatic carbocycles. The van der Waals surface area contributed by atoms with Crippen molar-refractivity contribution in [2.24, 2.45) is 0 Å². The van der Waals surface area contributed by atoms with Crippen LogP contribution < -0.4 is 9.47 Å². The van der Waals surface area contributed by atoms with Crippen molar-refractivity contribution < 1.29 is 24.1 Å². The average Bonchev–Trinajstić information content (AvgIpc) is 2.25. The highest BCUT2D eigenvalue weighted by atomic mass is 16.7. The Kier molecular flexibility index (Phi) is 3.93. The summed E-state index contributed by atoms with van der Waals surface area (Å²) in [5, 5.41) is 8.91. The smallest absolute Gasteiger partial charge is 0.339 e. The minimum Gasteiger partial charge on any atom is -0.493 e. The second-order valence-electron chi connectivity index (χ2n) is 2.69. The van der Waals surface area contributed by atoms with Crippen molar-refractivity contribution in [2.75, 3.05) is 21.0 Å². The molecule has 0 fully saturated rings. The van der Waals surface area contributed by atoms with Gasteiger partial charge in [0.15, 0.2) is 18.3 Å². The third-order valence-corrected chi connectivity index (χ3v) is 1.75. The number of ether oxygens (including phenoxy) is 3. The minimum atomic E-state index is -1.07. The first-order chi connectivity index (χ1) is 7.20. The lowest BCUT2D eigenvalue weighted by molar-refractivity contribution is 0.0464.